The van der Waals surface area contributed by atoms with Gasteiger partial charge < -0.3 is 20.3 Å². The van der Waals surface area contributed by atoms with Gasteiger partial charge in [-0.2, -0.15) is 0 Å². The van der Waals surface area contributed by atoms with E-state index in [4.69, 9.17) is 4.74 Å². The number of carboxylic acids is 1. The first-order chi connectivity index (χ1) is 10.9. The summed E-state index contributed by atoms with van der Waals surface area (Å²) in [4.78, 5) is 11.3. The fraction of sp³-hybridized carbons (Fsp3) is 0.278. The number of aryl methyl sites for hydroxylation is 1. The van der Waals surface area contributed by atoms with Gasteiger partial charge in [0.25, 0.3) is 0 Å². The average Bonchev–Trinajstić information content (AvgIpc) is 2.54. The smallest absolute Gasteiger partial charge is 0.339 e. The van der Waals surface area contributed by atoms with Crippen LogP contribution in [0.15, 0.2) is 36.4 Å². The fourth-order valence-electron chi connectivity index (χ4n) is 2.32. The molecule has 5 nitrogen and oxygen atoms in total. The zero-order chi connectivity index (χ0) is 17.0. The average molecular weight is 315 g/mol. The van der Waals surface area contributed by atoms with Crippen molar-refractivity contribution in [1.29, 1.82) is 0 Å². The van der Waals surface area contributed by atoms with Crippen molar-refractivity contribution in [2.75, 3.05) is 7.11 Å². The molecule has 2 rings (SSSR count). The van der Waals surface area contributed by atoms with E-state index in [1.807, 2.05) is 32.0 Å². The van der Waals surface area contributed by atoms with Crippen LogP contribution in [-0.2, 0) is 6.54 Å². The normalized spacial score (nSPS) is 12.0. The second-order valence-electron chi connectivity index (χ2n) is 5.49. The summed E-state index contributed by atoms with van der Waals surface area (Å²) in [7, 11) is 1.45. The molecule has 5 heteroatoms. The molecule has 23 heavy (non-hydrogen) atoms. The lowest BCUT2D eigenvalue weighted by Gasteiger charge is -2.16. The lowest BCUT2D eigenvalue weighted by Crippen LogP contribution is -2.18. The number of phenolic OH excluding ortho intramolecular Hbond substituents is 1. The molecule has 3 N–H and O–H groups in total. The van der Waals surface area contributed by atoms with Crippen molar-refractivity contribution in [3.8, 4) is 11.5 Å². The zero-order valence-corrected chi connectivity index (χ0v) is 13.5. The summed E-state index contributed by atoms with van der Waals surface area (Å²) in [6.45, 7) is 4.38. The number of rotatable bonds is 6. The summed E-state index contributed by atoms with van der Waals surface area (Å²) in [6, 6.07) is 10.6. The first-order valence-corrected chi connectivity index (χ1v) is 7.35. The highest BCUT2D eigenvalue weighted by molar-refractivity contribution is 5.91. The van der Waals surface area contributed by atoms with Gasteiger partial charge >= 0.3 is 5.97 Å². The predicted molar refractivity (Wildman–Crippen MR) is 88.1 cm³/mol. The van der Waals surface area contributed by atoms with Crippen LogP contribution >= 0.6 is 0 Å². The van der Waals surface area contributed by atoms with Crippen LogP contribution in [0.2, 0.25) is 0 Å². The van der Waals surface area contributed by atoms with Crippen molar-refractivity contribution in [2.45, 2.75) is 26.4 Å². The van der Waals surface area contributed by atoms with Crippen molar-refractivity contribution in [3.05, 3.63) is 58.7 Å². The molecule has 0 heterocycles. The molecule has 0 aliphatic rings. The second-order valence-corrected chi connectivity index (χ2v) is 5.49. The summed E-state index contributed by atoms with van der Waals surface area (Å²) in [5, 5.41) is 22.3. The molecule has 0 radical (unpaired) electrons. The van der Waals surface area contributed by atoms with E-state index in [1.54, 1.807) is 18.2 Å². The molecule has 0 saturated carbocycles. The maximum Gasteiger partial charge on any atom is 0.339 e. The third-order valence-corrected chi connectivity index (χ3v) is 3.84. The molecule has 0 aromatic heterocycles. The first kappa shape index (κ1) is 16.8. The van der Waals surface area contributed by atoms with Gasteiger partial charge in [0.2, 0.25) is 0 Å². The van der Waals surface area contributed by atoms with Crippen molar-refractivity contribution in [2.24, 2.45) is 0 Å². The number of ether oxygens (including phenoxy) is 1. The molecule has 0 bridgehead atoms. The van der Waals surface area contributed by atoms with Crippen LogP contribution in [0.1, 0.15) is 40.0 Å². The van der Waals surface area contributed by atoms with E-state index in [9.17, 15) is 15.0 Å². The van der Waals surface area contributed by atoms with Gasteiger partial charge in [0, 0.05) is 12.6 Å². The minimum Gasteiger partial charge on any atom is -0.508 e. The number of aromatic carboxylic acids is 1. The Morgan fingerprint density at radius 1 is 1.26 bits per heavy atom. The predicted octanol–water partition coefficient (Wildman–Crippen LogP) is 3.26. The Morgan fingerprint density at radius 2 is 2.00 bits per heavy atom. The minimum atomic E-state index is -1.01. The maximum atomic E-state index is 11.3. The third-order valence-electron chi connectivity index (χ3n) is 3.84. The van der Waals surface area contributed by atoms with Gasteiger partial charge in [-0.1, -0.05) is 18.2 Å². The molecule has 0 aliphatic heterocycles. The standard InChI is InChI=1S/C18H21NO4/c1-11-4-5-13(8-16(11)20)10-19-12(2)14-6-7-17(23-3)15(9-14)18(21)22/h4-9,12,19-20H,10H2,1-3H3,(H,21,22)/t12-/m0/s1. The van der Waals surface area contributed by atoms with Crippen molar-refractivity contribution >= 4 is 5.97 Å². The SMILES string of the molecule is COc1ccc([C@H](C)NCc2ccc(C)c(O)c2)cc1C(=O)O. The van der Waals surface area contributed by atoms with Crippen molar-refractivity contribution in [3.63, 3.8) is 0 Å². The van der Waals surface area contributed by atoms with Gasteiger partial charge in [-0.25, -0.2) is 4.79 Å². The Labute approximate surface area is 135 Å². The zero-order valence-electron chi connectivity index (χ0n) is 13.5. The van der Waals surface area contributed by atoms with E-state index in [1.165, 1.54) is 7.11 Å². The molecule has 122 valence electrons. The number of benzene rings is 2. The summed E-state index contributed by atoms with van der Waals surface area (Å²) in [5.41, 5.74) is 2.81. The number of carbonyl (C=O) groups is 1. The van der Waals surface area contributed by atoms with Gasteiger partial charge in [0.15, 0.2) is 0 Å². The largest absolute Gasteiger partial charge is 0.508 e. The van der Waals surface area contributed by atoms with E-state index in [0.717, 1.165) is 16.7 Å². The molecule has 0 unspecified atom stereocenters. The van der Waals surface area contributed by atoms with E-state index >= 15 is 0 Å². The number of carboxylic acid groups (broad SMARTS) is 1. The fourth-order valence-corrected chi connectivity index (χ4v) is 2.32. The number of methoxy groups -OCH3 is 1. The summed E-state index contributed by atoms with van der Waals surface area (Å²) < 4.78 is 5.07. The van der Waals surface area contributed by atoms with Gasteiger partial charge in [0.05, 0.1) is 7.11 Å². The summed E-state index contributed by atoms with van der Waals surface area (Å²) >= 11 is 0. The highest BCUT2D eigenvalue weighted by Gasteiger charge is 2.14. The lowest BCUT2D eigenvalue weighted by atomic mass is 10.0. The quantitative estimate of drug-likeness (QED) is 0.762. The number of hydrogen-bond acceptors (Lipinski definition) is 4. The topological polar surface area (TPSA) is 78.8 Å². The van der Waals surface area contributed by atoms with Crippen LogP contribution in [0.3, 0.4) is 0 Å². The molecule has 0 aliphatic carbocycles. The van der Waals surface area contributed by atoms with Crippen LogP contribution in [0.5, 0.6) is 11.5 Å². The summed E-state index contributed by atoms with van der Waals surface area (Å²) in [5.74, 6) is -0.397. The first-order valence-electron chi connectivity index (χ1n) is 7.35. The van der Waals surface area contributed by atoms with Crippen LogP contribution in [0, 0.1) is 6.92 Å². The van der Waals surface area contributed by atoms with E-state index < -0.39 is 5.97 Å². The van der Waals surface area contributed by atoms with E-state index in [2.05, 4.69) is 5.32 Å². The molecule has 0 spiro atoms. The van der Waals surface area contributed by atoms with Gasteiger partial charge in [-0.3, -0.25) is 0 Å². The second kappa shape index (κ2) is 7.15. The lowest BCUT2D eigenvalue weighted by molar-refractivity contribution is 0.0693. The Hall–Kier alpha value is -2.53. The molecule has 0 fully saturated rings. The van der Waals surface area contributed by atoms with Crippen LogP contribution < -0.4 is 10.1 Å². The highest BCUT2D eigenvalue weighted by atomic mass is 16.5. The van der Waals surface area contributed by atoms with Gasteiger partial charge in [-0.15, -0.1) is 0 Å². The van der Waals surface area contributed by atoms with Crippen LogP contribution in [0.4, 0.5) is 0 Å². The molecule has 0 amide bonds. The summed E-state index contributed by atoms with van der Waals surface area (Å²) in [6.07, 6.45) is 0. The number of aromatic hydroxyl groups is 1. The maximum absolute atomic E-state index is 11.3. The van der Waals surface area contributed by atoms with Crippen molar-refractivity contribution in [1.82, 2.24) is 5.32 Å². The molecule has 0 saturated heterocycles. The Morgan fingerprint density at radius 3 is 2.61 bits per heavy atom. The Balaban J connectivity index is 2.11. The molecule has 2 aromatic rings. The van der Waals surface area contributed by atoms with Crippen LogP contribution in [0.25, 0.3) is 0 Å². The molecule has 2 aromatic carbocycles. The highest BCUT2D eigenvalue weighted by Crippen LogP contribution is 2.24. The minimum absolute atomic E-state index is 0.0394. The Kier molecular flexibility index (Phi) is 5.24. The van der Waals surface area contributed by atoms with Crippen LogP contribution in [-0.4, -0.2) is 23.3 Å². The molecule has 1 atom stereocenters. The number of hydrogen-bond donors (Lipinski definition) is 3. The molecular weight excluding hydrogens is 294 g/mol. The molecular formula is C18H21NO4. The number of phenols is 1. The monoisotopic (exact) mass is 315 g/mol. The van der Waals surface area contributed by atoms with Gasteiger partial charge in [0.1, 0.15) is 17.1 Å². The third kappa shape index (κ3) is 4.02. The number of nitrogens with one attached hydrogen (secondary N) is 1. The van der Waals surface area contributed by atoms with Gasteiger partial charge in [-0.05, 0) is 48.7 Å². The Bertz CT molecular complexity index is 712. The van der Waals surface area contributed by atoms with Crippen molar-refractivity contribution < 1.29 is 19.7 Å². The van der Waals surface area contributed by atoms with E-state index in [-0.39, 0.29) is 17.4 Å². The van der Waals surface area contributed by atoms with E-state index in [0.29, 0.717) is 12.3 Å².